The molecule has 0 saturated carbocycles. The van der Waals surface area contributed by atoms with Crippen LogP contribution in [0.15, 0.2) is 6.20 Å². The Balaban J connectivity index is 2.29. The normalized spacial score (nSPS) is 23.3. The molecule has 1 aliphatic heterocycles. The number of anilines is 1. The summed E-state index contributed by atoms with van der Waals surface area (Å²) in [7, 11) is 0. The van der Waals surface area contributed by atoms with Gasteiger partial charge in [-0.15, -0.1) is 11.8 Å². The van der Waals surface area contributed by atoms with Crippen LogP contribution in [0.3, 0.4) is 0 Å². The molecule has 2 heterocycles. The molecular formula is C11H16N4O2S. The molecule has 0 aromatic carbocycles. The Morgan fingerprint density at radius 3 is 2.78 bits per heavy atom. The van der Waals surface area contributed by atoms with Crippen molar-refractivity contribution in [1.29, 1.82) is 0 Å². The molecule has 1 aromatic heterocycles. The first-order chi connectivity index (χ1) is 8.51. The Morgan fingerprint density at radius 1 is 1.56 bits per heavy atom. The van der Waals surface area contributed by atoms with Gasteiger partial charge in [0.25, 0.3) is 0 Å². The first-order valence-electron chi connectivity index (χ1n) is 5.57. The SMILES string of the molecule is CSC1(CN)CN(c2cnc(C)c(C)n2)C(=O)O1. The van der Waals surface area contributed by atoms with Gasteiger partial charge in [-0.1, -0.05) is 0 Å². The minimum absolute atomic E-state index is 0.272. The van der Waals surface area contributed by atoms with Crippen LogP contribution >= 0.6 is 11.8 Å². The first-order valence-corrected chi connectivity index (χ1v) is 6.80. The summed E-state index contributed by atoms with van der Waals surface area (Å²) < 4.78 is 5.34. The van der Waals surface area contributed by atoms with Crippen molar-refractivity contribution < 1.29 is 9.53 Å². The number of ether oxygens (including phenoxy) is 1. The highest BCUT2D eigenvalue weighted by atomic mass is 32.2. The van der Waals surface area contributed by atoms with Gasteiger partial charge in [0, 0.05) is 6.54 Å². The van der Waals surface area contributed by atoms with Crippen molar-refractivity contribution in [1.82, 2.24) is 9.97 Å². The molecule has 1 fully saturated rings. The van der Waals surface area contributed by atoms with Gasteiger partial charge in [-0.3, -0.25) is 9.88 Å². The van der Waals surface area contributed by atoms with Gasteiger partial charge < -0.3 is 10.5 Å². The molecule has 1 aliphatic rings. The lowest BCUT2D eigenvalue weighted by molar-refractivity contribution is 0.127. The van der Waals surface area contributed by atoms with Crippen LogP contribution in [0.25, 0.3) is 0 Å². The van der Waals surface area contributed by atoms with Crippen LogP contribution in [-0.4, -0.2) is 40.3 Å². The maximum atomic E-state index is 11.9. The zero-order valence-electron chi connectivity index (χ0n) is 10.6. The molecule has 1 aromatic rings. The van der Waals surface area contributed by atoms with Crippen LogP contribution in [0.1, 0.15) is 11.4 Å². The van der Waals surface area contributed by atoms with Gasteiger partial charge in [0.1, 0.15) is 0 Å². The van der Waals surface area contributed by atoms with Gasteiger partial charge in [-0.05, 0) is 20.1 Å². The number of carbonyl (C=O) groups is 1. The molecule has 0 spiro atoms. The summed E-state index contributed by atoms with van der Waals surface area (Å²) >= 11 is 1.43. The third-order valence-electron chi connectivity index (χ3n) is 3.03. The van der Waals surface area contributed by atoms with Crippen molar-refractivity contribution in [3.05, 3.63) is 17.6 Å². The quantitative estimate of drug-likeness (QED) is 0.883. The van der Waals surface area contributed by atoms with Crippen molar-refractivity contribution >= 4 is 23.7 Å². The van der Waals surface area contributed by atoms with Gasteiger partial charge in [-0.2, -0.15) is 0 Å². The van der Waals surface area contributed by atoms with E-state index < -0.39 is 11.0 Å². The maximum absolute atomic E-state index is 11.9. The molecule has 2 rings (SSSR count). The standard InChI is InChI=1S/C11H16N4O2S/c1-7-8(2)14-9(4-13-7)15-6-11(5-12,18-3)17-10(15)16/h4H,5-6,12H2,1-3H3. The third kappa shape index (κ3) is 2.15. The topological polar surface area (TPSA) is 81.3 Å². The third-order valence-corrected chi connectivity index (χ3v) is 4.15. The average molecular weight is 268 g/mol. The van der Waals surface area contributed by atoms with Gasteiger partial charge >= 0.3 is 6.09 Å². The molecule has 1 unspecified atom stereocenters. The van der Waals surface area contributed by atoms with Crippen molar-refractivity contribution in [3.63, 3.8) is 0 Å². The zero-order valence-corrected chi connectivity index (χ0v) is 11.5. The van der Waals surface area contributed by atoms with Crippen molar-refractivity contribution in [3.8, 4) is 0 Å². The lowest BCUT2D eigenvalue weighted by Gasteiger charge is -2.21. The van der Waals surface area contributed by atoms with E-state index in [0.29, 0.717) is 12.4 Å². The summed E-state index contributed by atoms with van der Waals surface area (Å²) in [6, 6.07) is 0. The van der Waals surface area contributed by atoms with E-state index in [2.05, 4.69) is 9.97 Å². The number of amides is 1. The van der Waals surface area contributed by atoms with Crippen molar-refractivity contribution in [2.75, 3.05) is 24.2 Å². The highest BCUT2D eigenvalue weighted by molar-refractivity contribution is 7.99. The number of carbonyl (C=O) groups excluding carboxylic acids is 1. The number of rotatable bonds is 3. The molecule has 98 valence electrons. The van der Waals surface area contributed by atoms with Gasteiger partial charge in [0.05, 0.1) is 24.1 Å². The van der Waals surface area contributed by atoms with Gasteiger partial charge in [0.15, 0.2) is 10.8 Å². The zero-order chi connectivity index (χ0) is 13.3. The number of nitrogens with two attached hydrogens (primary N) is 1. The van der Waals surface area contributed by atoms with E-state index in [0.717, 1.165) is 11.4 Å². The van der Waals surface area contributed by atoms with Gasteiger partial charge in [0.2, 0.25) is 0 Å². The molecule has 7 heteroatoms. The number of cyclic esters (lactones) is 1. The Bertz CT molecular complexity index is 476. The summed E-state index contributed by atoms with van der Waals surface area (Å²) in [6.07, 6.45) is 3.03. The molecule has 1 amide bonds. The summed E-state index contributed by atoms with van der Waals surface area (Å²) in [5, 5.41) is 0. The number of aromatic nitrogens is 2. The Morgan fingerprint density at radius 2 is 2.28 bits per heavy atom. The second-order valence-electron chi connectivity index (χ2n) is 4.17. The molecule has 1 saturated heterocycles. The summed E-state index contributed by atoms with van der Waals surface area (Å²) in [6.45, 7) is 4.40. The van der Waals surface area contributed by atoms with Crippen LogP contribution in [-0.2, 0) is 4.74 Å². The number of hydrogen-bond donors (Lipinski definition) is 1. The van der Waals surface area contributed by atoms with E-state index >= 15 is 0 Å². The molecule has 18 heavy (non-hydrogen) atoms. The highest BCUT2D eigenvalue weighted by Gasteiger charge is 2.45. The van der Waals surface area contributed by atoms with Crippen LogP contribution in [0.4, 0.5) is 10.6 Å². The van der Waals surface area contributed by atoms with Crippen LogP contribution in [0.5, 0.6) is 0 Å². The van der Waals surface area contributed by atoms with Crippen LogP contribution in [0.2, 0.25) is 0 Å². The first kappa shape index (κ1) is 13.1. The fourth-order valence-electron chi connectivity index (χ4n) is 1.68. The minimum atomic E-state index is -0.683. The van der Waals surface area contributed by atoms with E-state index in [4.69, 9.17) is 10.5 Å². The van der Waals surface area contributed by atoms with Crippen molar-refractivity contribution in [2.24, 2.45) is 5.73 Å². The molecule has 0 bridgehead atoms. The second-order valence-corrected chi connectivity index (χ2v) is 5.32. The summed E-state index contributed by atoms with van der Waals surface area (Å²) in [5.41, 5.74) is 7.32. The Kier molecular flexibility index (Phi) is 3.45. The predicted molar refractivity (Wildman–Crippen MR) is 70.6 cm³/mol. The lowest BCUT2D eigenvalue weighted by Crippen LogP contribution is -2.38. The second kappa shape index (κ2) is 4.74. The van der Waals surface area contributed by atoms with E-state index in [9.17, 15) is 4.79 Å². The number of hydrogen-bond acceptors (Lipinski definition) is 6. The highest BCUT2D eigenvalue weighted by Crippen LogP contribution is 2.33. The lowest BCUT2D eigenvalue weighted by atomic mass is 10.3. The fourth-order valence-corrected chi connectivity index (χ4v) is 2.26. The van der Waals surface area contributed by atoms with Crippen LogP contribution in [0, 0.1) is 13.8 Å². The predicted octanol–water partition coefficient (Wildman–Crippen LogP) is 1.07. The molecule has 1 atom stereocenters. The Labute approximate surface area is 110 Å². The fraction of sp³-hybridized carbons (Fsp3) is 0.545. The Hall–Kier alpha value is -1.34. The molecule has 6 nitrogen and oxygen atoms in total. The number of thioether (sulfide) groups is 1. The monoisotopic (exact) mass is 268 g/mol. The van der Waals surface area contributed by atoms with E-state index in [1.165, 1.54) is 16.7 Å². The molecule has 0 aliphatic carbocycles. The maximum Gasteiger partial charge on any atom is 0.417 e. The number of nitrogens with zero attached hydrogens (tertiary/aromatic N) is 3. The van der Waals surface area contributed by atoms with Crippen LogP contribution < -0.4 is 10.6 Å². The van der Waals surface area contributed by atoms with Gasteiger partial charge in [-0.25, -0.2) is 9.78 Å². The molecular weight excluding hydrogens is 252 g/mol. The summed E-state index contributed by atoms with van der Waals surface area (Å²) in [5.74, 6) is 0.507. The smallest absolute Gasteiger partial charge is 0.417 e. The summed E-state index contributed by atoms with van der Waals surface area (Å²) in [4.78, 5) is 21.2. The largest absolute Gasteiger partial charge is 0.428 e. The average Bonchev–Trinajstić information content (AvgIpc) is 2.71. The van der Waals surface area contributed by atoms with E-state index in [-0.39, 0.29) is 6.54 Å². The molecule has 2 N–H and O–H groups in total. The number of aryl methyl sites for hydroxylation is 2. The van der Waals surface area contributed by atoms with Crippen molar-refractivity contribution in [2.45, 2.75) is 18.8 Å². The van der Waals surface area contributed by atoms with E-state index in [1.54, 1.807) is 6.20 Å². The van der Waals surface area contributed by atoms with E-state index in [1.807, 2.05) is 20.1 Å². The minimum Gasteiger partial charge on any atom is -0.428 e. The molecule has 0 radical (unpaired) electrons.